The summed E-state index contributed by atoms with van der Waals surface area (Å²) < 4.78 is 0. The quantitative estimate of drug-likeness (QED) is 0.856. The number of carboxylic acids is 1. The van der Waals surface area contributed by atoms with E-state index in [2.05, 4.69) is 19.2 Å². The fourth-order valence-electron chi connectivity index (χ4n) is 2.75. The molecule has 2 N–H and O–H groups in total. The normalized spacial score (nSPS) is 21.8. The summed E-state index contributed by atoms with van der Waals surface area (Å²) in [6.07, 6.45) is 3.51. The van der Waals surface area contributed by atoms with Crippen molar-refractivity contribution in [1.82, 2.24) is 0 Å². The Kier molecular flexibility index (Phi) is 3.33. The van der Waals surface area contributed by atoms with Crippen LogP contribution in [0.1, 0.15) is 49.0 Å². The molecule has 0 bridgehead atoms. The van der Waals surface area contributed by atoms with Crippen molar-refractivity contribution < 1.29 is 9.90 Å². The lowest BCUT2D eigenvalue weighted by molar-refractivity contribution is 0.0698. The zero-order chi connectivity index (χ0) is 13.3. The van der Waals surface area contributed by atoms with Crippen molar-refractivity contribution >= 4 is 11.7 Å². The van der Waals surface area contributed by atoms with Crippen LogP contribution in [-0.4, -0.2) is 17.1 Å². The fraction of sp³-hybridized carbons (Fsp3) is 0.533. The van der Waals surface area contributed by atoms with Crippen molar-refractivity contribution in [1.29, 1.82) is 0 Å². The van der Waals surface area contributed by atoms with Crippen LogP contribution < -0.4 is 5.32 Å². The molecule has 3 heteroatoms. The van der Waals surface area contributed by atoms with E-state index in [0.29, 0.717) is 11.6 Å². The zero-order valence-corrected chi connectivity index (χ0v) is 11.3. The summed E-state index contributed by atoms with van der Waals surface area (Å²) in [6, 6.07) is 5.81. The van der Waals surface area contributed by atoms with Gasteiger partial charge in [-0.15, -0.1) is 0 Å². The molecule has 2 rings (SSSR count). The Bertz CT molecular complexity index is 466. The Balaban J connectivity index is 2.28. The molecular weight excluding hydrogens is 226 g/mol. The molecule has 1 aromatic rings. The minimum atomic E-state index is -0.867. The SMILES string of the molecule is Cc1ccc(C(=O)O)c(NC2CCCC2(C)C)c1. The highest BCUT2D eigenvalue weighted by molar-refractivity contribution is 5.94. The van der Waals surface area contributed by atoms with Crippen LogP contribution in [0.5, 0.6) is 0 Å². The Labute approximate surface area is 108 Å². The summed E-state index contributed by atoms with van der Waals surface area (Å²) in [5, 5.41) is 12.7. The summed E-state index contributed by atoms with van der Waals surface area (Å²) in [5.74, 6) is -0.867. The van der Waals surface area contributed by atoms with Crippen molar-refractivity contribution in [2.24, 2.45) is 5.41 Å². The van der Waals surface area contributed by atoms with Crippen LogP contribution >= 0.6 is 0 Å². The third-order valence-electron chi connectivity index (χ3n) is 3.99. The number of benzene rings is 1. The lowest BCUT2D eigenvalue weighted by atomic mass is 9.87. The maximum absolute atomic E-state index is 11.2. The van der Waals surface area contributed by atoms with Crippen LogP contribution in [0.4, 0.5) is 5.69 Å². The first kappa shape index (κ1) is 12.9. The number of aromatic carboxylic acids is 1. The van der Waals surface area contributed by atoms with E-state index in [1.165, 1.54) is 12.8 Å². The molecule has 1 atom stereocenters. The second-order valence-corrected chi connectivity index (χ2v) is 5.93. The summed E-state index contributed by atoms with van der Waals surface area (Å²) in [7, 11) is 0. The van der Waals surface area contributed by atoms with E-state index < -0.39 is 5.97 Å². The smallest absolute Gasteiger partial charge is 0.337 e. The average molecular weight is 247 g/mol. The van der Waals surface area contributed by atoms with Gasteiger partial charge in [0.15, 0.2) is 0 Å². The van der Waals surface area contributed by atoms with E-state index in [0.717, 1.165) is 17.7 Å². The molecule has 0 amide bonds. The van der Waals surface area contributed by atoms with Gasteiger partial charge in [-0.2, -0.15) is 0 Å². The summed E-state index contributed by atoms with van der Waals surface area (Å²) in [6.45, 7) is 6.47. The minimum absolute atomic E-state index is 0.236. The van der Waals surface area contributed by atoms with Crippen molar-refractivity contribution in [3.8, 4) is 0 Å². The van der Waals surface area contributed by atoms with Crippen molar-refractivity contribution in [3.63, 3.8) is 0 Å². The molecule has 1 unspecified atom stereocenters. The van der Waals surface area contributed by atoms with E-state index in [4.69, 9.17) is 0 Å². The second kappa shape index (κ2) is 4.63. The molecule has 0 saturated heterocycles. The second-order valence-electron chi connectivity index (χ2n) is 5.93. The number of rotatable bonds is 3. The van der Waals surface area contributed by atoms with Crippen molar-refractivity contribution in [2.45, 2.75) is 46.1 Å². The first-order valence-corrected chi connectivity index (χ1v) is 6.50. The molecule has 1 saturated carbocycles. The zero-order valence-electron chi connectivity index (χ0n) is 11.3. The van der Waals surface area contributed by atoms with E-state index in [1.807, 2.05) is 19.1 Å². The van der Waals surface area contributed by atoms with Gasteiger partial charge in [0, 0.05) is 11.7 Å². The molecule has 0 aromatic heterocycles. The van der Waals surface area contributed by atoms with Crippen LogP contribution in [0.3, 0.4) is 0 Å². The topological polar surface area (TPSA) is 49.3 Å². The Hall–Kier alpha value is -1.51. The summed E-state index contributed by atoms with van der Waals surface area (Å²) in [5.41, 5.74) is 2.43. The van der Waals surface area contributed by atoms with Gasteiger partial charge >= 0.3 is 5.97 Å². The molecule has 1 fully saturated rings. The number of carbonyl (C=O) groups is 1. The van der Waals surface area contributed by atoms with E-state index in [1.54, 1.807) is 6.07 Å². The van der Waals surface area contributed by atoms with Crippen molar-refractivity contribution in [2.75, 3.05) is 5.32 Å². The van der Waals surface area contributed by atoms with Gasteiger partial charge in [-0.25, -0.2) is 4.79 Å². The van der Waals surface area contributed by atoms with Crippen molar-refractivity contribution in [3.05, 3.63) is 29.3 Å². The number of anilines is 1. The summed E-state index contributed by atoms with van der Waals surface area (Å²) >= 11 is 0. The minimum Gasteiger partial charge on any atom is -0.478 e. The highest BCUT2D eigenvalue weighted by Gasteiger charge is 2.34. The third kappa shape index (κ3) is 2.50. The highest BCUT2D eigenvalue weighted by atomic mass is 16.4. The summed E-state index contributed by atoms with van der Waals surface area (Å²) in [4.78, 5) is 11.2. The maximum atomic E-state index is 11.2. The molecule has 1 aliphatic rings. The molecule has 98 valence electrons. The molecule has 0 heterocycles. The lowest BCUT2D eigenvalue weighted by Crippen LogP contribution is -2.31. The number of aryl methyl sites for hydroxylation is 1. The first-order valence-electron chi connectivity index (χ1n) is 6.50. The van der Waals surface area contributed by atoms with Crippen LogP contribution in [0, 0.1) is 12.3 Å². The molecular formula is C15H21NO2. The largest absolute Gasteiger partial charge is 0.478 e. The van der Waals surface area contributed by atoms with Crippen LogP contribution in [0.15, 0.2) is 18.2 Å². The number of carboxylic acid groups (broad SMARTS) is 1. The standard InChI is InChI=1S/C15H21NO2/c1-10-6-7-11(14(17)18)12(9-10)16-13-5-4-8-15(13,2)3/h6-7,9,13,16H,4-5,8H2,1-3H3,(H,17,18). The average Bonchev–Trinajstić information content (AvgIpc) is 2.58. The monoisotopic (exact) mass is 247 g/mol. The predicted octanol–water partition coefficient (Wildman–Crippen LogP) is 3.68. The highest BCUT2D eigenvalue weighted by Crippen LogP contribution is 2.39. The van der Waals surface area contributed by atoms with Crippen LogP contribution in [-0.2, 0) is 0 Å². The lowest BCUT2D eigenvalue weighted by Gasteiger charge is -2.29. The third-order valence-corrected chi connectivity index (χ3v) is 3.99. The van der Waals surface area contributed by atoms with Gasteiger partial charge in [-0.1, -0.05) is 26.3 Å². The van der Waals surface area contributed by atoms with Gasteiger partial charge in [0.05, 0.1) is 5.56 Å². The van der Waals surface area contributed by atoms with E-state index >= 15 is 0 Å². The van der Waals surface area contributed by atoms with E-state index in [-0.39, 0.29) is 5.41 Å². The Morgan fingerprint density at radius 1 is 1.44 bits per heavy atom. The molecule has 1 aliphatic carbocycles. The maximum Gasteiger partial charge on any atom is 0.337 e. The van der Waals surface area contributed by atoms with Crippen LogP contribution in [0.2, 0.25) is 0 Å². The number of hydrogen-bond acceptors (Lipinski definition) is 2. The molecule has 0 radical (unpaired) electrons. The molecule has 1 aromatic carbocycles. The van der Waals surface area contributed by atoms with E-state index in [9.17, 15) is 9.90 Å². The van der Waals surface area contributed by atoms with Gasteiger partial charge in [0.1, 0.15) is 0 Å². The predicted molar refractivity (Wildman–Crippen MR) is 73.2 cm³/mol. The number of hydrogen-bond donors (Lipinski definition) is 2. The molecule has 18 heavy (non-hydrogen) atoms. The molecule has 3 nitrogen and oxygen atoms in total. The van der Waals surface area contributed by atoms with Gasteiger partial charge in [0.2, 0.25) is 0 Å². The Morgan fingerprint density at radius 2 is 2.17 bits per heavy atom. The van der Waals surface area contributed by atoms with Gasteiger partial charge in [-0.3, -0.25) is 0 Å². The van der Waals surface area contributed by atoms with Gasteiger partial charge in [0.25, 0.3) is 0 Å². The molecule has 0 aliphatic heterocycles. The van der Waals surface area contributed by atoms with Crippen LogP contribution in [0.25, 0.3) is 0 Å². The van der Waals surface area contributed by atoms with Gasteiger partial charge in [-0.05, 0) is 42.9 Å². The Morgan fingerprint density at radius 3 is 2.72 bits per heavy atom. The fourth-order valence-corrected chi connectivity index (χ4v) is 2.75. The van der Waals surface area contributed by atoms with Gasteiger partial charge < -0.3 is 10.4 Å². The molecule has 0 spiro atoms. The number of nitrogens with one attached hydrogen (secondary N) is 1. The first-order chi connectivity index (χ1) is 8.40.